The van der Waals surface area contributed by atoms with Crippen LogP contribution < -0.4 is 16.9 Å². The number of rotatable bonds is 6. The number of sulfone groups is 2. The van der Waals surface area contributed by atoms with E-state index in [1.165, 1.54) is 0 Å². The molecule has 0 atom stereocenters. The summed E-state index contributed by atoms with van der Waals surface area (Å²) in [5.74, 6) is 0.982. The van der Waals surface area contributed by atoms with Gasteiger partial charge in [0.25, 0.3) is 0 Å². The molecule has 0 amide bonds. The Labute approximate surface area is 304 Å². The Balaban J connectivity index is 0.000000149. The smallest absolute Gasteiger partial charge is 0.399 e. The third kappa shape index (κ3) is 8.59. The third-order valence-electron chi connectivity index (χ3n) is 9.29. The van der Waals surface area contributed by atoms with Crippen LogP contribution in [0.1, 0.15) is 64.8 Å². The monoisotopic (exact) mass is 782 g/mol. The normalized spacial score (nSPS) is 18.0. The van der Waals surface area contributed by atoms with E-state index in [4.69, 9.17) is 20.8 Å². The quantitative estimate of drug-likeness (QED) is 0.214. The van der Waals surface area contributed by atoms with Gasteiger partial charge in [0, 0.05) is 26.9 Å². The summed E-state index contributed by atoms with van der Waals surface area (Å²) >= 11 is 3.26. The van der Waals surface area contributed by atoms with Crippen LogP contribution in [0.3, 0.4) is 0 Å². The first-order valence-electron chi connectivity index (χ1n) is 16.5. The van der Waals surface area contributed by atoms with Crippen molar-refractivity contribution in [3.63, 3.8) is 0 Å². The van der Waals surface area contributed by atoms with Gasteiger partial charge in [0.05, 0.1) is 31.5 Å². The Bertz CT molecular complexity index is 2090. The molecule has 4 aromatic rings. The molecule has 14 heteroatoms. The van der Waals surface area contributed by atoms with Crippen molar-refractivity contribution in [3.8, 4) is 11.1 Å². The van der Waals surface area contributed by atoms with Gasteiger partial charge in [0.1, 0.15) is 11.6 Å². The molecule has 0 radical (unpaired) electrons. The van der Waals surface area contributed by atoms with Crippen molar-refractivity contribution in [1.29, 1.82) is 0 Å². The predicted molar refractivity (Wildman–Crippen MR) is 202 cm³/mol. The van der Waals surface area contributed by atoms with Gasteiger partial charge < -0.3 is 20.8 Å². The molecule has 0 unspecified atom stereocenters. The zero-order valence-electron chi connectivity index (χ0n) is 29.2. The number of nitrogen functional groups attached to an aromatic ring is 2. The first-order chi connectivity index (χ1) is 23.3. The van der Waals surface area contributed by atoms with Crippen molar-refractivity contribution in [3.05, 3.63) is 88.7 Å². The number of halogens is 1. The summed E-state index contributed by atoms with van der Waals surface area (Å²) in [6.45, 7) is 11.9. The van der Waals surface area contributed by atoms with Crippen LogP contribution in [0.5, 0.6) is 0 Å². The highest BCUT2D eigenvalue weighted by molar-refractivity contribution is 9.10. The van der Waals surface area contributed by atoms with Crippen LogP contribution in [0.4, 0.5) is 11.6 Å². The molecule has 0 spiro atoms. The fourth-order valence-corrected chi connectivity index (χ4v) is 9.28. The van der Waals surface area contributed by atoms with Crippen LogP contribution in [0, 0.1) is 13.8 Å². The van der Waals surface area contributed by atoms with Gasteiger partial charge in [0.15, 0.2) is 19.7 Å². The second kappa shape index (κ2) is 14.4. The zero-order valence-corrected chi connectivity index (χ0v) is 32.4. The molecule has 2 aromatic carbocycles. The Morgan fingerprint density at radius 2 is 1.18 bits per heavy atom. The molecule has 10 nitrogen and oxygen atoms in total. The van der Waals surface area contributed by atoms with Crippen molar-refractivity contribution in [2.45, 2.75) is 98.7 Å². The number of benzene rings is 2. The SMILES string of the molecule is Cc1nc(N)ccc1-c1cccc(S(=O)(=O)C2CC2)c1.Cc1nc(N)ccc1B1OC(C)(C)C(C)(C)O1.O=S(=O)(c1cccc(Br)c1)C1CC1. The number of aryl methyl sites for hydroxylation is 2. The second-order valence-corrected chi connectivity index (χ2v) is 19.2. The van der Waals surface area contributed by atoms with E-state index in [2.05, 4.69) is 25.9 Å². The number of nitrogens with two attached hydrogens (primary N) is 2. The van der Waals surface area contributed by atoms with Gasteiger partial charge in [-0.2, -0.15) is 0 Å². The standard InChI is InChI=1S/C15H16N2O2S.C12H19BN2O2.C9H9BrO2S/c1-10-14(7-8-15(16)17-10)11-3-2-4-13(9-11)20(18,19)12-5-6-12;1-8-9(6-7-10(14)15-8)13-16-11(2,3)12(4,5)17-13;10-7-2-1-3-9(6-7)13(11,12)8-4-5-8/h2-4,7-9,12H,5-6H2,1H3,(H2,16,17);6-7H,1-5H3,(H2,14,15);1-3,6,8H,4-5H2. The lowest BCUT2D eigenvalue weighted by Crippen LogP contribution is -2.41. The highest BCUT2D eigenvalue weighted by atomic mass is 79.9. The molecule has 4 N–H and O–H groups in total. The van der Waals surface area contributed by atoms with Gasteiger partial charge in [-0.05, 0) is 121 Å². The maximum Gasteiger partial charge on any atom is 0.496 e. The average Bonchev–Trinajstić information content (AvgIpc) is 3.95. The second-order valence-electron chi connectivity index (χ2n) is 13.8. The van der Waals surface area contributed by atoms with Crippen molar-refractivity contribution >= 4 is 59.8 Å². The van der Waals surface area contributed by atoms with Crippen LogP contribution >= 0.6 is 15.9 Å². The first kappa shape index (κ1) is 37.9. The Kier molecular flexibility index (Phi) is 10.9. The van der Waals surface area contributed by atoms with Crippen molar-refractivity contribution in [1.82, 2.24) is 9.97 Å². The van der Waals surface area contributed by atoms with E-state index in [9.17, 15) is 16.8 Å². The summed E-state index contributed by atoms with van der Waals surface area (Å²) in [4.78, 5) is 9.28. The maximum atomic E-state index is 12.3. The lowest BCUT2D eigenvalue weighted by molar-refractivity contribution is 0.00578. The molecule has 50 heavy (non-hydrogen) atoms. The summed E-state index contributed by atoms with van der Waals surface area (Å²) < 4.78 is 60.8. The largest absolute Gasteiger partial charge is 0.496 e. The van der Waals surface area contributed by atoms with Crippen LogP contribution in [-0.2, 0) is 29.0 Å². The van der Waals surface area contributed by atoms with Crippen molar-refractivity contribution in [2.75, 3.05) is 11.5 Å². The molecule has 3 heterocycles. The number of nitrogens with zero attached hydrogens (tertiary/aromatic N) is 2. The molecule has 2 saturated carbocycles. The molecule has 1 aliphatic heterocycles. The van der Waals surface area contributed by atoms with Gasteiger partial charge in [-0.3, -0.25) is 0 Å². The molecular weight excluding hydrogens is 739 g/mol. The van der Waals surface area contributed by atoms with E-state index in [-0.39, 0.29) is 28.8 Å². The molecular formula is C36H44BBrN4O6S2. The van der Waals surface area contributed by atoms with Gasteiger partial charge in [-0.25, -0.2) is 26.8 Å². The zero-order chi connectivity index (χ0) is 36.6. The lowest BCUT2D eigenvalue weighted by atomic mass is 9.78. The molecule has 3 fully saturated rings. The van der Waals surface area contributed by atoms with Gasteiger partial charge in [-0.1, -0.05) is 40.2 Å². The van der Waals surface area contributed by atoms with Gasteiger partial charge >= 0.3 is 7.12 Å². The molecule has 0 bridgehead atoms. The van der Waals surface area contributed by atoms with Gasteiger partial charge in [-0.15, -0.1) is 0 Å². The summed E-state index contributed by atoms with van der Waals surface area (Å²) in [5, 5.41) is -0.315. The Morgan fingerprint density at radius 1 is 0.700 bits per heavy atom. The Hall–Kier alpha value is -3.30. The van der Waals surface area contributed by atoms with Crippen molar-refractivity contribution in [2.24, 2.45) is 0 Å². The number of aromatic nitrogens is 2. The van der Waals surface area contributed by atoms with E-state index in [0.717, 1.165) is 58.1 Å². The van der Waals surface area contributed by atoms with E-state index in [0.29, 0.717) is 21.4 Å². The van der Waals surface area contributed by atoms with Crippen LogP contribution in [0.2, 0.25) is 0 Å². The van der Waals surface area contributed by atoms with E-state index >= 15 is 0 Å². The number of hydrogen-bond donors (Lipinski definition) is 2. The molecule has 2 aliphatic carbocycles. The maximum absolute atomic E-state index is 12.3. The first-order valence-corrected chi connectivity index (χ1v) is 20.4. The van der Waals surface area contributed by atoms with E-state index in [1.54, 1.807) is 48.5 Å². The minimum atomic E-state index is -3.16. The average molecular weight is 784 g/mol. The highest BCUT2D eigenvalue weighted by Gasteiger charge is 2.52. The minimum Gasteiger partial charge on any atom is -0.399 e. The molecule has 266 valence electrons. The van der Waals surface area contributed by atoms with Gasteiger partial charge in [0.2, 0.25) is 0 Å². The van der Waals surface area contributed by atoms with E-state index < -0.39 is 19.7 Å². The minimum absolute atomic E-state index is 0.123. The summed E-state index contributed by atoms with van der Waals surface area (Å²) in [5.41, 5.74) is 15.0. The van der Waals surface area contributed by atoms with E-state index in [1.807, 2.05) is 65.8 Å². The molecule has 2 aromatic heterocycles. The topological polar surface area (TPSA) is 165 Å². The molecule has 3 aliphatic rings. The summed E-state index contributed by atoms with van der Waals surface area (Å²) in [6.07, 6.45) is 3.17. The predicted octanol–water partition coefficient (Wildman–Crippen LogP) is 6.23. The van der Waals surface area contributed by atoms with Crippen LogP contribution in [0.15, 0.2) is 87.1 Å². The summed E-state index contributed by atoms with van der Waals surface area (Å²) in [6, 6.07) is 21.2. The van der Waals surface area contributed by atoms with Crippen molar-refractivity contribution < 1.29 is 26.1 Å². The summed E-state index contributed by atoms with van der Waals surface area (Å²) in [7, 11) is -6.55. The number of anilines is 2. The number of pyridine rings is 2. The van der Waals surface area contributed by atoms with Crippen LogP contribution in [-0.4, -0.2) is 55.6 Å². The molecule has 7 rings (SSSR count). The fraction of sp³-hybridized carbons (Fsp3) is 0.389. The third-order valence-corrected chi connectivity index (χ3v) is 14.3. The highest BCUT2D eigenvalue weighted by Crippen LogP contribution is 2.37. The Morgan fingerprint density at radius 3 is 1.66 bits per heavy atom. The fourth-order valence-electron chi connectivity index (χ4n) is 5.32. The lowest BCUT2D eigenvalue weighted by Gasteiger charge is -2.32. The number of hydrogen-bond acceptors (Lipinski definition) is 10. The molecule has 1 saturated heterocycles. The van der Waals surface area contributed by atoms with Crippen LogP contribution in [0.25, 0.3) is 11.1 Å².